The minimum atomic E-state index is -0.730. The number of pyridine rings is 1. The Hall–Kier alpha value is -5.85. The van der Waals surface area contributed by atoms with Gasteiger partial charge in [0.1, 0.15) is 23.6 Å². The number of rotatable bonds is 10. The third-order valence-electron chi connectivity index (χ3n) is 13.1. The standard InChI is InChI=1S/C47H55N7O6/c1-30-38(26-49-54(30)29-47-23-32-19-33(24-47)21-34(20-32)25-47)36-13-14-53-40(27-48-42(53)41(36)44(56)58-5)50-39-12-11-35(22-37(39)43(55)60-46(2,3)4)51-15-17-52(18-16-51)45(57)59-28-31-9-7-6-8-10-31/h6-14,22,26-27,32-34,50H,15-21,23-25,28-29H2,1-5H3. The van der Waals surface area contributed by atoms with Crippen LogP contribution in [0.1, 0.15) is 91.3 Å². The average molecular weight is 814 g/mol. The number of carbonyl (C=O) groups excluding carboxylic acids is 3. The number of esters is 2. The number of piperazine rings is 1. The van der Waals surface area contributed by atoms with Crippen LogP contribution in [0.3, 0.4) is 0 Å². The highest BCUT2D eigenvalue weighted by molar-refractivity contribution is 6.04. The molecule has 13 nitrogen and oxygen atoms in total. The van der Waals surface area contributed by atoms with Crippen LogP contribution in [-0.4, -0.2) is 81.0 Å². The Bertz CT molecular complexity index is 2390. The first-order chi connectivity index (χ1) is 28.8. The smallest absolute Gasteiger partial charge is 0.410 e. The van der Waals surface area contributed by atoms with E-state index in [0.717, 1.165) is 46.8 Å². The summed E-state index contributed by atoms with van der Waals surface area (Å²) in [6, 6.07) is 17.2. The minimum Gasteiger partial charge on any atom is -0.465 e. The normalized spacial score (nSPS) is 22.2. The van der Waals surface area contributed by atoms with Crippen molar-refractivity contribution < 1.29 is 28.6 Å². The van der Waals surface area contributed by atoms with Crippen LogP contribution in [0.2, 0.25) is 0 Å². The molecule has 5 aliphatic rings. The van der Waals surface area contributed by atoms with E-state index in [2.05, 4.69) is 21.8 Å². The van der Waals surface area contributed by atoms with Gasteiger partial charge in [-0.15, -0.1) is 0 Å². The number of carbonyl (C=O) groups is 3. The highest BCUT2D eigenvalue weighted by Gasteiger charge is 2.51. The quantitative estimate of drug-likeness (QED) is 0.108. The predicted molar refractivity (Wildman–Crippen MR) is 228 cm³/mol. The zero-order chi connectivity index (χ0) is 41.8. The first kappa shape index (κ1) is 39.6. The van der Waals surface area contributed by atoms with Crippen LogP contribution in [0.5, 0.6) is 0 Å². The fourth-order valence-corrected chi connectivity index (χ4v) is 10.8. The van der Waals surface area contributed by atoms with Crippen LogP contribution < -0.4 is 10.2 Å². The van der Waals surface area contributed by atoms with E-state index in [-0.39, 0.29) is 12.7 Å². The monoisotopic (exact) mass is 813 g/mol. The lowest BCUT2D eigenvalue weighted by molar-refractivity contribution is -0.0638. The minimum absolute atomic E-state index is 0.220. The lowest BCUT2D eigenvalue weighted by Crippen LogP contribution is -2.49. The molecule has 1 saturated heterocycles. The van der Waals surface area contributed by atoms with Crippen molar-refractivity contribution in [3.05, 3.63) is 95.6 Å². The lowest BCUT2D eigenvalue weighted by Gasteiger charge is -2.56. The van der Waals surface area contributed by atoms with E-state index < -0.39 is 17.5 Å². The van der Waals surface area contributed by atoms with Crippen LogP contribution >= 0.6 is 0 Å². The van der Waals surface area contributed by atoms with Crippen LogP contribution in [0.25, 0.3) is 16.8 Å². The van der Waals surface area contributed by atoms with E-state index in [9.17, 15) is 14.4 Å². The summed E-state index contributed by atoms with van der Waals surface area (Å²) in [4.78, 5) is 48.9. The van der Waals surface area contributed by atoms with Crippen molar-refractivity contribution in [3.8, 4) is 11.1 Å². The number of amides is 1. The van der Waals surface area contributed by atoms with Gasteiger partial charge in [-0.05, 0) is 119 Å². The maximum Gasteiger partial charge on any atom is 0.410 e. The maximum atomic E-state index is 13.8. The number of hydrogen-bond acceptors (Lipinski definition) is 10. The van der Waals surface area contributed by atoms with Crippen molar-refractivity contribution >= 4 is 40.9 Å². The van der Waals surface area contributed by atoms with Gasteiger partial charge in [-0.1, -0.05) is 30.3 Å². The summed E-state index contributed by atoms with van der Waals surface area (Å²) in [5.74, 6) is 2.13. The van der Waals surface area contributed by atoms with Crippen molar-refractivity contribution in [3.63, 3.8) is 0 Å². The Balaban J connectivity index is 0.961. The molecule has 0 unspecified atom stereocenters. The van der Waals surface area contributed by atoms with E-state index in [4.69, 9.17) is 24.3 Å². The highest BCUT2D eigenvalue weighted by atomic mass is 16.6. The summed E-state index contributed by atoms with van der Waals surface area (Å²) in [6.45, 7) is 10.8. The van der Waals surface area contributed by atoms with Gasteiger partial charge in [0, 0.05) is 61.4 Å². The van der Waals surface area contributed by atoms with E-state index in [1.807, 2.05) is 87.8 Å². The van der Waals surface area contributed by atoms with E-state index in [1.54, 1.807) is 15.5 Å². The van der Waals surface area contributed by atoms with Crippen LogP contribution in [0.4, 0.5) is 22.0 Å². The predicted octanol–water partition coefficient (Wildman–Crippen LogP) is 8.67. The van der Waals surface area contributed by atoms with Crippen LogP contribution in [0, 0.1) is 30.1 Å². The molecule has 3 aromatic heterocycles. The SMILES string of the molecule is COC(=O)c1c(-c2cnn(CC34CC5CC(CC(C5)C3)C4)c2C)ccn2c(Nc3ccc(N4CCN(C(=O)OCc5ccccc5)CC4)cc3C(=O)OC(C)(C)C)cnc12. The molecule has 4 bridgehead atoms. The Kier molecular flexibility index (Phi) is 10.3. The molecule has 0 spiro atoms. The summed E-state index contributed by atoms with van der Waals surface area (Å²) in [5.41, 5.74) is 5.59. The molecule has 60 heavy (non-hydrogen) atoms. The fourth-order valence-electron chi connectivity index (χ4n) is 10.8. The fraction of sp³-hybridized carbons (Fsp3) is 0.468. The Morgan fingerprint density at radius 3 is 2.23 bits per heavy atom. The zero-order valence-electron chi connectivity index (χ0n) is 35.3. The largest absolute Gasteiger partial charge is 0.465 e. The van der Waals surface area contributed by atoms with E-state index in [0.29, 0.717) is 65.4 Å². The molecule has 1 N–H and O–H groups in total. The maximum absolute atomic E-state index is 13.8. The van der Waals surface area contributed by atoms with Gasteiger partial charge in [0.25, 0.3) is 0 Å². The molecular formula is C47H55N7O6. The molecule has 1 aliphatic heterocycles. The molecule has 10 rings (SSSR count). The van der Waals surface area contributed by atoms with Crippen molar-refractivity contribution in [2.75, 3.05) is 43.5 Å². The molecule has 4 saturated carbocycles. The Labute approximate surface area is 351 Å². The molecule has 314 valence electrons. The number of benzene rings is 2. The third-order valence-corrected chi connectivity index (χ3v) is 13.1. The molecule has 0 atom stereocenters. The first-order valence-corrected chi connectivity index (χ1v) is 21.3. The molecule has 0 radical (unpaired) electrons. The number of aromatic nitrogens is 4. The third kappa shape index (κ3) is 7.81. The topological polar surface area (TPSA) is 133 Å². The van der Waals surface area contributed by atoms with Crippen LogP contribution in [-0.2, 0) is 27.4 Å². The second kappa shape index (κ2) is 15.6. The van der Waals surface area contributed by atoms with E-state index >= 15 is 0 Å². The van der Waals surface area contributed by atoms with Gasteiger partial charge in [-0.2, -0.15) is 5.10 Å². The van der Waals surface area contributed by atoms with Gasteiger partial charge >= 0.3 is 18.0 Å². The van der Waals surface area contributed by atoms with Gasteiger partial charge in [0.05, 0.1) is 30.8 Å². The molecular weight excluding hydrogens is 759 g/mol. The molecule has 2 aromatic carbocycles. The van der Waals surface area contributed by atoms with Crippen molar-refractivity contribution in [2.45, 2.75) is 85.0 Å². The number of imidazole rings is 1. The van der Waals surface area contributed by atoms with Gasteiger partial charge in [0.15, 0.2) is 5.65 Å². The van der Waals surface area contributed by atoms with Gasteiger partial charge in [-0.3, -0.25) is 9.08 Å². The average Bonchev–Trinajstić information content (AvgIpc) is 3.80. The second-order valence-electron chi connectivity index (χ2n) is 18.5. The van der Waals surface area contributed by atoms with Crippen molar-refractivity contribution in [1.29, 1.82) is 0 Å². The second-order valence-corrected chi connectivity index (χ2v) is 18.5. The zero-order valence-corrected chi connectivity index (χ0v) is 35.3. The number of anilines is 3. The summed E-state index contributed by atoms with van der Waals surface area (Å²) in [7, 11) is 1.38. The lowest BCUT2D eigenvalue weighted by atomic mass is 9.49. The van der Waals surface area contributed by atoms with E-state index in [1.165, 1.54) is 45.6 Å². The molecule has 4 aliphatic carbocycles. The number of nitrogens with one attached hydrogen (secondary N) is 1. The van der Waals surface area contributed by atoms with Crippen molar-refractivity contribution in [1.82, 2.24) is 24.1 Å². The Morgan fingerprint density at radius 2 is 1.57 bits per heavy atom. The van der Waals surface area contributed by atoms with Gasteiger partial charge < -0.3 is 29.3 Å². The number of methoxy groups -OCH3 is 1. The first-order valence-electron chi connectivity index (χ1n) is 21.3. The highest BCUT2D eigenvalue weighted by Crippen LogP contribution is 2.60. The molecule has 13 heteroatoms. The molecule has 1 amide bonds. The molecule has 5 fully saturated rings. The molecule has 4 heterocycles. The number of nitrogens with zero attached hydrogens (tertiary/aromatic N) is 6. The van der Waals surface area contributed by atoms with Crippen LogP contribution in [0.15, 0.2) is 73.2 Å². The number of ether oxygens (including phenoxy) is 3. The summed E-state index contributed by atoms with van der Waals surface area (Å²) in [5, 5.41) is 8.33. The number of hydrogen-bond donors (Lipinski definition) is 1. The van der Waals surface area contributed by atoms with Gasteiger partial charge in [0.2, 0.25) is 0 Å². The molecule has 5 aromatic rings. The summed E-state index contributed by atoms with van der Waals surface area (Å²) in [6.07, 6.45) is 13.1. The number of fused-ring (bicyclic) bond motifs is 1. The summed E-state index contributed by atoms with van der Waals surface area (Å²) < 4.78 is 20.8. The van der Waals surface area contributed by atoms with Gasteiger partial charge in [-0.25, -0.2) is 19.4 Å². The van der Waals surface area contributed by atoms with Crippen molar-refractivity contribution in [2.24, 2.45) is 23.2 Å². The summed E-state index contributed by atoms with van der Waals surface area (Å²) >= 11 is 0. The Morgan fingerprint density at radius 1 is 0.867 bits per heavy atom.